The second-order valence-corrected chi connectivity index (χ2v) is 5.23. The molecule has 0 heterocycles. The maximum absolute atomic E-state index is 13.0. The van der Waals surface area contributed by atoms with Crippen LogP contribution in [-0.4, -0.2) is 25.1 Å². The van der Waals surface area contributed by atoms with Crippen LogP contribution in [0.1, 0.15) is 11.1 Å². The number of carbonyl (C=O) groups excluding carboxylic acids is 2. The monoisotopic (exact) mass is 331 g/mol. The maximum Gasteiger partial charge on any atom is 0.344 e. The molecule has 1 N–H and O–H groups in total. The van der Waals surface area contributed by atoms with Crippen molar-refractivity contribution in [1.29, 1.82) is 0 Å². The Morgan fingerprint density at radius 3 is 2.38 bits per heavy atom. The van der Waals surface area contributed by atoms with E-state index in [2.05, 4.69) is 5.32 Å². The molecule has 2 aromatic carbocycles. The highest BCUT2D eigenvalue weighted by molar-refractivity contribution is 5.92. The van der Waals surface area contributed by atoms with Gasteiger partial charge in [0.15, 0.2) is 13.2 Å². The van der Waals surface area contributed by atoms with Crippen molar-refractivity contribution < 1.29 is 23.5 Å². The number of amides is 1. The molecule has 126 valence electrons. The second-order valence-electron chi connectivity index (χ2n) is 5.23. The van der Waals surface area contributed by atoms with Crippen LogP contribution >= 0.6 is 0 Å². The highest BCUT2D eigenvalue weighted by atomic mass is 19.1. The summed E-state index contributed by atoms with van der Waals surface area (Å²) in [4.78, 5) is 23.3. The fraction of sp³-hybridized carbons (Fsp3) is 0.222. The van der Waals surface area contributed by atoms with Crippen molar-refractivity contribution in [2.75, 3.05) is 18.5 Å². The van der Waals surface area contributed by atoms with Crippen LogP contribution in [0.3, 0.4) is 0 Å². The molecule has 0 atom stereocenters. The van der Waals surface area contributed by atoms with Gasteiger partial charge in [0.25, 0.3) is 5.91 Å². The first-order valence-corrected chi connectivity index (χ1v) is 7.36. The normalized spacial score (nSPS) is 10.1. The van der Waals surface area contributed by atoms with Gasteiger partial charge in [-0.05, 0) is 43.2 Å². The van der Waals surface area contributed by atoms with Gasteiger partial charge in [0.1, 0.15) is 11.6 Å². The van der Waals surface area contributed by atoms with E-state index in [1.54, 1.807) is 0 Å². The van der Waals surface area contributed by atoms with E-state index in [0.29, 0.717) is 11.4 Å². The molecule has 0 unspecified atom stereocenters. The number of esters is 1. The first-order valence-electron chi connectivity index (χ1n) is 7.36. The molecule has 0 aromatic heterocycles. The summed E-state index contributed by atoms with van der Waals surface area (Å²) in [6.45, 7) is 2.99. The van der Waals surface area contributed by atoms with E-state index in [1.165, 1.54) is 24.3 Å². The van der Waals surface area contributed by atoms with Gasteiger partial charge < -0.3 is 14.8 Å². The number of benzene rings is 2. The molecule has 2 rings (SSSR count). The summed E-state index contributed by atoms with van der Waals surface area (Å²) in [6, 6.07) is 11.1. The molecular formula is C18H18FNO4. The third kappa shape index (κ3) is 5.08. The zero-order chi connectivity index (χ0) is 17.5. The fourth-order valence-corrected chi connectivity index (χ4v) is 2.11. The Hall–Kier alpha value is -2.89. The van der Waals surface area contributed by atoms with E-state index in [0.717, 1.165) is 11.1 Å². The largest absolute Gasteiger partial charge is 0.481 e. The van der Waals surface area contributed by atoms with Crippen LogP contribution in [0.2, 0.25) is 0 Å². The Kier molecular flexibility index (Phi) is 5.89. The molecule has 0 bridgehead atoms. The van der Waals surface area contributed by atoms with E-state index < -0.39 is 24.3 Å². The molecule has 0 aliphatic carbocycles. The number of hydrogen-bond donors (Lipinski definition) is 1. The lowest BCUT2D eigenvalue weighted by molar-refractivity contribution is -0.149. The quantitative estimate of drug-likeness (QED) is 0.827. The van der Waals surface area contributed by atoms with Gasteiger partial charge in [-0.1, -0.05) is 24.3 Å². The van der Waals surface area contributed by atoms with Crippen LogP contribution in [0.5, 0.6) is 5.75 Å². The molecule has 2 aromatic rings. The average Bonchev–Trinajstić information content (AvgIpc) is 2.52. The van der Waals surface area contributed by atoms with Gasteiger partial charge >= 0.3 is 5.97 Å². The number of rotatable bonds is 6. The fourth-order valence-electron chi connectivity index (χ4n) is 2.11. The zero-order valence-electron chi connectivity index (χ0n) is 13.5. The summed E-state index contributed by atoms with van der Waals surface area (Å²) in [6.07, 6.45) is 0. The van der Waals surface area contributed by atoms with Gasteiger partial charge in [0, 0.05) is 5.69 Å². The van der Waals surface area contributed by atoms with Crippen LogP contribution in [0.4, 0.5) is 10.1 Å². The van der Waals surface area contributed by atoms with Crippen molar-refractivity contribution in [3.63, 3.8) is 0 Å². The van der Waals surface area contributed by atoms with Gasteiger partial charge in [-0.2, -0.15) is 0 Å². The lowest BCUT2D eigenvalue weighted by atomic mass is 10.1. The first-order chi connectivity index (χ1) is 11.5. The minimum Gasteiger partial charge on any atom is -0.481 e. The minimum atomic E-state index is -0.660. The van der Waals surface area contributed by atoms with Crippen molar-refractivity contribution in [2.24, 2.45) is 0 Å². The molecule has 0 spiro atoms. The van der Waals surface area contributed by atoms with E-state index >= 15 is 0 Å². The molecule has 0 fully saturated rings. The van der Waals surface area contributed by atoms with Gasteiger partial charge in [-0.3, -0.25) is 4.79 Å². The predicted octanol–water partition coefficient (Wildman–Crippen LogP) is 3.00. The van der Waals surface area contributed by atoms with Crippen LogP contribution in [-0.2, 0) is 14.3 Å². The van der Waals surface area contributed by atoms with E-state index in [4.69, 9.17) is 9.47 Å². The Morgan fingerprint density at radius 2 is 1.71 bits per heavy atom. The number of anilines is 1. The predicted molar refractivity (Wildman–Crippen MR) is 87.4 cm³/mol. The summed E-state index contributed by atoms with van der Waals surface area (Å²) in [5.74, 6) is -1.06. The molecule has 5 nitrogen and oxygen atoms in total. The number of hydrogen-bond acceptors (Lipinski definition) is 4. The van der Waals surface area contributed by atoms with Crippen LogP contribution in [0, 0.1) is 19.7 Å². The maximum atomic E-state index is 13.0. The zero-order valence-corrected chi connectivity index (χ0v) is 13.5. The van der Waals surface area contributed by atoms with Gasteiger partial charge in [0.05, 0.1) is 0 Å². The lowest BCUT2D eigenvalue weighted by Gasteiger charge is -2.11. The number of para-hydroxylation sites is 1. The summed E-state index contributed by atoms with van der Waals surface area (Å²) in [7, 11) is 0. The number of carbonyl (C=O) groups is 2. The lowest BCUT2D eigenvalue weighted by Crippen LogP contribution is -2.23. The molecule has 0 aliphatic rings. The number of ether oxygens (including phenoxy) is 2. The molecule has 24 heavy (non-hydrogen) atoms. The topological polar surface area (TPSA) is 64.6 Å². The van der Waals surface area contributed by atoms with Crippen LogP contribution in [0.15, 0.2) is 42.5 Å². The van der Waals surface area contributed by atoms with Gasteiger partial charge in [-0.25, -0.2) is 9.18 Å². The highest BCUT2D eigenvalue weighted by Gasteiger charge is 2.11. The summed E-state index contributed by atoms with van der Waals surface area (Å²) < 4.78 is 23.3. The summed E-state index contributed by atoms with van der Waals surface area (Å²) in [5, 5.41) is 2.43. The Morgan fingerprint density at radius 1 is 1.04 bits per heavy atom. The van der Waals surface area contributed by atoms with Gasteiger partial charge in [-0.15, -0.1) is 0 Å². The molecule has 1 amide bonds. The van der Waals surface area contributed by atoms with Crippen molar-refractivity contribution in [3.05, 3.63) is 59.4 Å². The number of nitrogens with one attached hydrogen (secondary N) is 1. The summed E-state index contributed by atoms with van der Waals surface area (Å²) >= 11 is 0. The summed E-state index contributed by atoms with van der Waals surface area (Å²) in [5.41, 5.74) is 2.11. The standard InChI is InChI=1S/C18H18FNO4/c1-12-5-3-6-13(2)18(12)24-11-17(22)23-10-16(21)20-15-8-4-7-14(19)9-15/h3-9H,10-11H2,1-2H3,(H,20,21). The minimum absolute atomic E-state index is 0.293. The van der Waals surface area contributed by atoms with E-state index in [9.17, 15) is 14.0 Å². The Labute approximate surface area is 139 Å². The average molecular weight is 331 g/mol. The Balaban J connectivity index is 1.78. The number of halogens is 1. The highest BCUT2D eigenvalue weighted by Crippen LogP contribution is 2.22. The van der Waals surface area contributed by atoms with Gasteiger partial charge in [0.2, 0.25) is 0 Å². The molecule has 0 saturated carbocycles. The third-order valence-electron chi connectivity index (χ3n) is 3.22. The smallest absolute Gasteiger partial charge is 0.344 e. The van der Waals surface area contributed by atoms with E-state index in [-0.39, 0.29) is 6.61 Å². The molecule has 0 radical (unpaired) electrons. The third-order valence-corrected chi connectivity index (χ3v) is 3.22. The van der Waals surface area contributed by atoms with Crippen molar-refractivity contribution in [2.45, 2.75) is 13.8 Å². The van der Waals surface area contributed by atoms with E-state index in [1.807, 2.05) is 32.0 Å². The number of aryl methyl sites for hydroxylation is 2. The molecule has 6 heteroatoms. The van der Waals surface area contributed by atoms with Crippen molar-refractivity contribution >= 4 is 17.6 Å². The SMILES string of the molecule is Cc1cccc(C)c1OCC(=O)OCC(=O)Nc1cccc(F)c1. The van der Waals surface area contributed by atoms with Crippen molar-refractivity contribution in [1.82, 2.24) is 0 Å². The molecule has 0 saturated heterocycles. The molecule has 0 aliphatic heterocycles. The Bertz CT molecular complexity index is 725. The van der Waals surface area contributed by atoms with Crippen LogP contribution < -0.4 is 10.1 Å². The second kappa shape index (κ2) is 8.10. The first kappa shape index (κ1) is 17.5. The molecular weight excluding hydrogens is 313 g/mol. The van der Waals surface area contributed by atoms with Crippen LogP contribution in [0.25, 0.3) is 0 Å². The van der Waals surface area contributed by atoms with Crippen molar-refractivity contribution in [3.8, 4) is 5.75 Å².